The molecule has 120 valence electrons. The van der Waals surface area contributed by atoms with Crippen molar-refractivity contribution in [3.8, 4) is 11.5 Å². The van der Waals surface area contributed by atoms with E-state index in [1.165, 1.54) is 0 Å². The minimum atomic E-state index is 0.112. The zero-order valence-corrected chi connectivity index (χ0v) is 13.4. The van der Waals surface area contributed by atoms with Crippen molar-refractivity contribution in [3.63, 3.8) is 0 Å². The summed E-state index contributed by atoms with van der Waals surface area (Å²) in [6, 6.07) is 5.03. The molecule has 0 spiro atoms. The molecule has 1 aromatic rings. The van der Waals surface area contributed by atoms with Crippen LogP contribution in [0.1, 0.15) is 25.3 Å². The van der Waals surface area contributed by atoms with Crippen LogP contribution in [0.2, 0.25) is 0 Å². The number of nitrogens with one attached hydrogen (secondary N) is 2. The fourth-order valence-electron chi connectivity index (χ4n) is 2.10. The maximum Gasteiger partial charge on any atom is 0.187 e. The Morgan fingerprint density at radius 3 is 3.18 bits per heavy atom. The molecule has 0 radical (unpaired) electrons. The Morgan fingerprint density at radius 1 is 1.59 bits per heavy atom. The van der Waals surface area contributed by atoms with Crippen molar-refractivity contribution < 1.29 is 14.6 Å². The van der Waals surface area contributed by atoms with E-state index in [1.54, 1.807) is 24.4 Å². The Kier molecular flexibility index (Phi) is 6.42. The SMILES string of the molecule is CCOc1cc(C=NNC(=S)NCC2CCCO2)ccc1O. The van der Waals surface area contributed by atoms with E-state index in [9.17, 15) is 5.11 Å². The van der Waals surface area contributed by atoms with Crippen LogP contribution in [0.5, 0.6) is 11.5 Å². The topological polar surface area (TPSA) is 75.1 Å². The lowest BCUT2D eigenvalue weighted by molar-refractivity contribution is 0.114. The average molecular weight is 323 g/mol. The molecule has 22 heavy (non-hydrogen) atoms. The number of rotatable bonds is 6. The fourth-order valence-corrected chi connectivity index (χ4v) is 2.23. The smallest absolute Gasteiger partial charge is 0.187 e. The predicted molar refractivity (Wildman–Crippen MR) is 89.6 cm³/mol. The van der Waals surface area contributed by atoms with E-state index in [1.807, 2.05) is 6.92 Å². The molecular weight excluding hydrogens is 302 g/mol. The van der Waals surface area contributed by atoms with Gasteiger partial charge in [0.15, 0.2) is 16.6 Å². The third-order valence-corrected chi connectivity index (χ3v) is 3.41. The lowest BCUT2D eigenvalue weighted by Gasteiger charge is -2.11. The van der Waals surface area contributed by atoms with E-state index in [0.29, 0.717) is 24.0 Å². The molecule has 1 saturated heterocycles. The van der Waals surface area contributed by atoms with Crippen molar-refractivity contribution in [2.75, 3.05) is 19.8 Å². The number of thiocarbonyl (C=S) groups is 1. The molecule has 0 bridgehead atoms. The maximum absolute atomic E-state index is 9.63. The lowest BCUT2D eigenvalue weighted by atomic mass is 10.2. The first-order valence-electron chi connectivity index (χ1n) is 7.33. The monoisotopic (exact) mass is 323 g/mol. The fraction of sp³-hybridized carbons (Fsp3) is 0.467. The van der Waals surface area contributed by atoms with Crippen LogP contribution < -0.4 is 15.5 Å². The summed E-state index contributed by atoms with van der Waals surface area (Å²) in [5.74, 6) is 0.547. The molecule has 1 unspecified atom stereocenters. The van der Waals surface area contributed by atoms with E-state index in [2.05, 4.69) is 15.8 Å². The average Bonchev–Trinajstić information content (AvgIpc) is 3.02. The third-order valence-electron chi connectivity index (χ3n) is 3.18. The number of phenols is 1. The van der Waals surface area contributed by atoms with Gasteiger partial charge in [0.25, 0.3) is 0 Å². The molecule has 0 aliphatic carbocycles. The molecular formula is C15H21N3O3S. The van der Waals surface area contributed by atoms with Crippen molar-refractivity contribution in [2.24, 2.45) is 5.10 Å². The van der Waals surface area contributed by atoms with Gasteiger partial charge in [0.05, 0.1) is 18.9 Å². The second kappa shape index (κ2) is 8.55. The van der Waals surface area contributed by atoms with Gasteiger partial charge in [-0.05, 0) is 55.7 Å². The zero-order valence-electron chi connectivity index (χ0n) is 12.5. The Labute approximate surface area is 135 Å². The Hall–Kier alpha value is -1.86. The van der Waals surface area contributed by atoms with Crippen LogP contribution in [0.4, 0.5) is 0 Å². The van der Waals surface area contributed by atoms with Crippen molar-refractivity contribution in [1.29, 1.82) is 0 Å². The van der Waals surface area contributed by atoms with Crippen LogP contribution in [0, 0.1) is 0 Å². The van der Waals surface area contributed by atoms with Gasteiger partial charge in [0.1, 0.15) is 0 Å². The van der Waals surface area contributed by atoms with E-state index in [4.69, 9.17) is 21.7 Å². The Bertz CT molecular complexity index is 531. The van der Waals surface area contributed by atoms with Crippen LogP contribution in [-0.4, -0.2) is 42.3 Å². The number of aromatic hydroxyl groups is 1. The van der Waals surface area contributed by atoms with Gasteiger partial charge in [-0.25, -0.2) is 0 Å². The summed E-state index contributed by atoms with van der Waals surface area (Å²) in [6.07, 6.45) is 4.01. The first kappa shape index (κ1) is 16.5. The second-order valence-corrected chi connectivity index (χ2v) is 5.28. The van der Waals surface area contributed by atoms with Crippen LogP contribution in [0.25, 0.3) is 0 Å². The van der Waals surface area contributed by atoms with Gasteiger partial charge in [-0.2, -0.15) is 5.10 Å². The van der Waals surface area contributed by atoms with E-state index in [0.717, 1.165) is 25.0 Å². The summed E-state index contributed by atoms with van der Waals surface area (Å²) < 4.78 is 10.8. The highest BCUT2D eigenvalue weighted by molar-refractivity contribution is 7.80. The number of nitrogens with zero attached hydrogens (tertiary/aromatic N) is 1. The molecule has 6 nitrogen and oxygen atoms in total. The summed E-state index contributed by atoms with van der Waals surface area (Å²) in [5, 5.41) is 17.2. The number of hydrazone groups is 1. The molecule has 2 rings (SSSR count). The maximum atomic E-state index is 9.63. The first-order chi connectivity index (χ1) is 10.7. The zero-order chi connectivity index (χ0) is 15.8. The number of phenolic OH excluding ortho intramolecular Hbond substituents is 1. The van der Waals surface area contributed by atoms with Gasteiger partial charge >= 0.3 is 0 Å². The molecule has 0 amide bonds. The van der Waals surface area contributed by atoms with Gasteiger partial charge in [-0.1, -0.05) is 0 Å². The molecule has 0 aromatic heterocycles. The molecule has 1 fully saturated rings. The molecule has 1 atom stereocenters. The van der Waals surface area contributed by atoms with Crippen molar-refractivity contribution in [1.82, 2.24) is 10.7 Å². The largest absolute Gasteiger partial charge is 0.504 e. The van der Waals surface area contributed by atoms with Gasteiger partial charge in [-0.15, -0.1) is 0 Å². The standard InChI is InChI=1S/C15H21N3O3S/c1-2-20-14-8-11(5-6-13(14)19)9-17-18-15(22)16-10-12-4-3-7-21-12/h5-6,8-9,12,19H,2-4,7,10H2,1H3,(H2,16,18,22). The second-order valence-electron chi connectivity index (χ2n) is 4.88. The number of benzene rings is 1. The van der Waals surface area contributed by atoms with E-state index in [-0.39, 0.29) is 11.9 Å². The Balaban J connectivity index is 1.78. The quantitative estimate of drug-likeness (QED) is 0.421. The highest BCUT2D eigenvalue weighted by atomic mass is 32.1. The predicted octanol–water partition coefficient (Wildman–Crippen LogP) is 1.77. The third kappa shape index (κ3) is 5.16. The highest BCUT2D eigenvalue weighted by Crippen LogP contribution is 2.26. The van der Waals surface area contributed by atoms with Crippen LogP contribution in [-0.2, 0) is 4.74 Å². The molecule has 1 heterocycles. The van der Waals surface area contributed by atoms with Crippen molar-refractivity contribution in [2.45, 2.75) is 25.9 Å². The minimum Gasteiger partial charge on any atom is -0.504 e. The number of hydrogen-bond acceptors (Lipinski definition) is 5. The first-order valence-corrected chi connectivity index (χ1v) is 7.74. The molecule has 1 aliphatic heterocycles. The number of ether oxygens (including phenoxy) is 2. The summed E-state index contributed by atoms with van der Waals surface area (Å²) in [5.41, 5.74) is 3.55. The van der Waals surface area contributed by atoms with Gasteiger partial charge in [0.2, 0.25) is 0 Å². The summed E-state index contributed by atoms with van der Waals surface area (Å²) >= 11 is 5.14. The summed E-state index contributed by atoms with van der Waals surface area (Å²) in [6.45, 7) is 3.87. The van der Waals surface area contributed by atoms with Crippen molar-refractivity contribution >= 4 is 23.5 Å². The molecule has 7 heteroatoms. The van der Waals surface area contributed by atoms with Crippen molar-refractivity contribution in [3.05, 3.63) is 23.8 Å². The molecule has 1 aliphatic rings. The molecule has 0 saturated carbocycles. The number of hydrogen-bond donors (Lipinski definition) is 3. The molecule has 1 aromatic carbocycles. The van der Waals surface area contributed by atoms with E-state index < -0.39 is 0 Å². The summed E-state index contributed by atoms with van der Waals surface area (Å²) in [4.78, 5) is 0. The highest BCUT2D eigenvalue weighted by Gasteiger charge is 2.14. The van der Waals surface area contributed by atoms with Gasteiger partial charge in [-0.3, -0.25) is 5.43 Å². The van der Waals surface area contributed by atoms with Gasteiger partial charge < -0.3 is 19.9 Å². The minimum absolute atomic E-state index is 0.112. The Morgan fingerprint density at radius 2 is 2.45 bits per heavy atom. The van der Waals surface area contributed by atoms with E-state index >= 15 is 0 Å². The van der Waals surface area contributed by atoms with Crippen LogP contribution in [0.3, 0.4) is 0 Å². The summed E-state index contributed by atoms with van der Waals surface area (Å²) in [7, 11) is 0. The van der Waals surface area contributed by atoms with Crippen LogP contribution >= 0.6 is 12.2 Å². The molecule has 3 N–H and O–H groups in total. The lowest BCUT2D eigenvalue weighted by Crippen LogP contribution is -2.37. The normalized spacial score (nSPS) is 17.6. The van der Waals surface area contributed by atoms with Crippen LogP contribution in [0.15, 0.2) is 23.3 Å². The van der Waals surface area contributed by atoms with Gasteiger partial charge in [0, 0.05) is 13.2 Å².